The van der Waals surface area contributed by atoms with Crippen LogP contribution in [0.5, 0.6) is 0 Å². The number of hydrogen-bond acceptors (Lipinski definition) is 2. The Hall–Kier alpha value is -0.0800. The minimum atomic E-state index is 0.879. The van der Waals surface area contributed by atoms with E-state index >= 15 is 0 Å². The fourth-order valence-electron chi connectivity index (χ4n) is 3.48. The van der Waals surface area contributed by atoms with Crippen molar-refractivity contribution in [3.63, 3.8) is 0 Å². The zero-order chi connectivity index (χ0) is 10.7. The van der Waals surface area contributed by atoms with Crippen LogP contribution in [0.15, 0.2) is 0 Å². The second-order valence-electron chi connectivity index (χ2n) is 5.53. The lowest BCUT2D eigenvalue weighted by Crippen LogP contribution is -2.42. The Morgan fingerprint density at radius 2 is 1.87 bits per heavy atom. The van der Waals surface area contributed by atoms with Gasteiger partial charge in [0.25, 0.3) is 0 Å². The second-order valence-corrected chi connectivity index (χ2v) is 5.53. The fraction of sp³-hybridized carbons (Fsp3) is 1.00. The molecule has 1 saturated carbocycles. The van der Waals surface area contributed by atoms with Gasteiger partial charge >= 0.3 is 0 Å². The van der Waals surface area contributed by atoms with Gasteiger partial charge in [-0.05, 0) is 63.6 Å². The average molecular weight is 210 g/mol. The first-order valence-corrected chi connectivity index (χ1v) is 6.75. The summed E-state index contributed by atoms with van der Waals surface area (Å²) >= 11 is 0. The maximum absolute atomic E-state index is 5.62. The van der Waals surface area contributed by atoms with Gasteiger partial charge in [0.2, 0.25) is 0 Å². The SMILES string of the molecule is CC1CCCC1N1CCC(CCN)CC1. The standard InChI is InChI=1S/C13H26N2/c1-11-3-2-4-13(11)15-9-6-12(5-8-14)7-10-15/h11-13H,2-10,14H2,1H3. The maximum Gasteiger partial charge on any atom is 0.0121 e. The van der Waals surface area contributed by atoms with Crippen LogP contribution in [-0.4, -0.2) is 30.6 Å². The smallest absolute Gasteiger partial charge is 0.0121 e. The van der Waals surface area contributed by atoms with Crippen LogP contribution in [0.3, 0.4) is 0 Å². The average Bonchev–Trinajstić information content (AvgIpc) is 2.66. The second kappa shape index (κ2) is 5.31. The highest BCUT2D eigenvalue weighted by Crippen LogP contribution is 2.32. The normalized spacial score (nSPS) is 34.8. The zero-order valence-corrected chi connectivity index (χ0v) is 10.1. The summed E-state index contributed by atoms with van der Waals surface area (Å²) in [6, 6.07) is 0.906. The lowest BCUT2D eigenvalue weighted by atomic mass is 9.91. The highest BCUT2D eigenvalue weighted by atomic mass is 15.2. The highest BCUT2D eigenvalue weighted by Gasteiger charge is 2.31. The molecule has 2 fully saturated rings. The number of piperidine rings is 1. The van der Waals surface area contributed by atoms with Crippen LogP contribution in [0.25, 0.3) is 0 Å². The van der Waals surface area contributed by atoms with Gasteiger partial charge in [0.15, 0.2) is 0 Å². The Labute approximate surface area is 94.2 Å². The van der Waals surface area contributed by atoms with E-state index in [2.05, 4.69) is 11.8 Å². The summed E-state index contributed by atoms with van der Waals surface area (Å²) < 4.78 is 0. The van der Waals surface area contributed by atoms with E-state index in [0.29, 0.717) is 0 Å². The van der Waals surface area contributed by atoms with Crippen molar-refractivity contribution in [2.75, 3.05) is 19.6 Å². The van der Waals surface area contributed by atoms with Crippen LogP contribution in [0, 0.1) is 11.8 Å². The summed E-state index contributed by atoms with van der Waals surface area (Å²) in [6.45, 7) is 5.98. The molecule has 0 aromatic rings. The quantitative estimate of drug-likeness (QED) is 0.774. The Morgan fingerprint density at radius 1 is 1.13 bits per heavy atom. The van der Waals surface area contributed by atoms with Crippen molar-refractivity contribution in [2.45, 2.75) is 51.5 Å². The molecule has 2 nitrogen and oxygen atoms in total. The molecule has 1 heterocycles. The van der Waals surface area contributed by atoms with E-state index in [1.54, 1.807) is 0 Å². The van der Waals surface area contributed by atoms with E-state index in [9.17, 15) is 0 Å². The molecule has 0 spiro atoms. The summed E-state index contributed by atoms with van der Waals surface area (Å²) in [4.78, 5) is 2.75. The molecule has 88 valence electrons. The Kier molecular flexibility index (Phi) is 4.04. The molecular weight excluding hydrogens is 184 g/mol. The Bertz CT molecular complexity index is 185. The van der Waals surface area contributed by atoms with Crippen LogP contribution < -0.4 is 5.73 Å². The minimum absolute atomic E-state index is 0.879. The number of nitrogens with two attached hydrogens (primary N) is 1. The molecule has 0 radical (unpaired) electrons. The molecule has 2 heteroatoms. The molecule has 0 aromatic carbocycles. The van der Waals surface area contributed by atoms with Gasteiger partial charge in [-0.3, -0.25) is 0 Å². The van der Waals surface area contributed by atoms with Crippen molar-refractivity contribution in [1.82, 2.24) is 4.90 Å². The lowest BCUT2D eigenvalue weighted by molar-refractivity contribution is 0.111. The highest BCUT2D eigenvalue weighted by molar-refractivity contribution is 4.85. The third-order valence-electron chi connectivity index (χ3n) is 4.51. The largest absolute Gasteiger partial charge is 0.330 e. The first-order chi connectivity index (χ1) is 7.31. The summed E-state index contributed by atoms with van der Waals surface area (Å²) in [7, 11) is 0. The monoisotopic (exact) mass is 210 g/mol. The first kappa shape index (κ1) is 11.4. The third kappa shape index (κ3) is 2.73. The van der Waals surface area contributed by atoms with Crippen LogP contribution >= 0.6 is 0 Å². The van der Waals surface area contributed by atoms with Crippen molar-refractivity contribution in [1.29, 1.82) is 0 Å². The molecule has 2 unspecified atom stereocenters. The predicted molar refractivity (Wildman–Crippen MR) is 64.8 cm³/mol. The predicted octanol–water partition coefficient (Wildman–Crippen LogP) is 2.24. The van der Waals surface area contributed by atoms with E-state index in [4.69, 9.17) is 5.73 Å². The van der Waals surface area contributed by atoms with E-state index in [0.717, 1.165) is 24.4 Å². The molecule has 0 bridgehead atoms. The van der Waals surface area contributed by atoms with Crippen LogP contribution in [0.1, 0.15) is 45.4 Å². The minimum Gasteiger partial charge on any atom is -0.330 e. The van der Waals surface area contributed by atoms with Gasteiger partial charge in [-0.1, -0.05) is 13.3 Å². The summed E-state index contributed by atoms with van der Waals surface area (Å²) in [5, 5.41) is 0. The lowest BCUT2D eigenvalue weighted by Gasteiger charge is -2.37. The van der Waals surface area contributed by atoms with Crippen molar-refractivity contribution >= 4 is 0 Å². The third-order valence-corrected chi connectivity index (χ3v) is 4.51. The molecule has 0 amide bonds. The van der Waals surface area contributed by atoms with E-state index in [-0.39, 0.29) is 0 Å². The summed E-state index contributed by atoms with van der Waals surface area (Å²) in [5.74, 6) is 1.86. The Morgan fingerprint density at radius 3 is 2.40 bits per heavy atom. The molecular formula is C13H26N2. The molecule has 15 heavy (non-hydrogen) atoms. The fourth-order valence-corrected chi connectivity index (χ4v) is 3.48. The van der Waals surface area contributed by atoms with Gasteiger partial charge in [0.05, 0.1) is 0 Å². The topological polar surface area (TPSA) is 29.3 Å². The van der Waals surface area contributed by atoms with E-state index in [1.807, 2.05) is 0 Å². The maximum atomic E-state index is 5.62. The number of rotatable bonds is 3. The zero-order valence-electron chi connectivity index (χ0n) is 10.1. The molecule has 2 atom stereocenters. The molecule has 1 saturated heterocycles. The number of nitrogens with zero attached hydrogens (tertiary/aromatic N) is 1. The van der Waals surface area contributed by atoms with Crippen molar-refractivity contribution in [3.05, 3.63) is 0 Å². The van der Waals surface area contributed by atoms with E-state index < -0.39 is 0 Å². The molecule has 1 aliphatic carbocycles. The van der Waals surface area contributed by atoms with Gasteiger partial charge in [0, 0.05) is 6.04 Å². The van der Waals surface area contributed by atoms with Crippen molar-refractivity contribution in [2.24, 2.45) is 17.6 Å². The van der Waals surface area contributed by atoms with E-state index in [1.165, 1.54) is 51.6 Å². The van der Waals surface area contributed by atoms with Gasteiger partial charge in [0.1, 0.15) is 0 Å². The molecule has 2 aliphatic rings. The molecule has 1 aliphatic heterocycles. The number of likely N-dealkylation sites (tertiary alicyclic amines) is 1. The molecule has 2 N–H and O–H groups in total. The van der Waals surface area contributed by atoms with Gasteiger partial charge in [-0.2, -0.15) is 0 Å². The van der Waals surface area contributed by atoms with Crippen molar-refractivity contribution in [3.8, 4) is 0 Å². The summed E-state index contributed by atoms with van der Waals surface area (Å²) in [5.41, 5.74) is 5.62. The molecule has 0 aromatic heterocycles. The van der Waals surface area contributed by atoms with Crippen LogP contribution in [-0.2, 0) is 0 Å². The van der Waals surface area contributed by atoms with Gasteiger partial charge in [-0.25, -0.2) is 0 Å². The first-order valence-electron chi connectivity index (χ1n) is 6.75. The van der Waals surface area contributed by atoms with Crippen LogP contribution in [0.2, 0.25) is 0 Å². The number of hydrogen-bond donors (Lipinski definition) is 1. The van der Waals surface area contributed by atoms with Crippen LogP contribution in [0.4, 0.5) is 0 Å². The van der Waals surface area contributed by atoms with Gasteiger partial charge < -0.3 is 10.6 Å². The Balaban J connectivity index is 1.77. The van der Waals surface area contributed by atoms with Gasteiger partial charge in [-0.15, -0.1) is 0 Å². The summed E-state index contributed by atoms with van der Waals surface area (Å²) in [6.07, 6.45) is 8.37. The molecule has 2 rings (SSSR count). The van der Waals surface area contributed by atoms with Crippen molar-refractivity contribution < 1.29 is 0 Å².